The van der Waals surface area contributed by atoms with Gasteiger partial charge >= 0.3 is 0 Å². The molecule has 3 rings (SSSR count). The first-order valence-corrected chi connectivity index (χ1v) is 8.48. The third-order valence-electron chi connectivity index (χ3n) is 4.23. The highest BCUT2D eigenvalue weighted by Crippen LogP contribution is 2.20. The lowest BCUT2D eigenvalue weighted by Gasteiger charge is -2.20. The van der Waals surface area contributed by atoms with Gasteiger partial charge < -0.3 is 15.6 Å². The lowest BCUT2D eigenvalue weighted by molar-refractivity contribution is -0.119. The highest BCUT2D eigenvalue weighted by Gasteiger charge is 2.18. The Labute approximate surface area is 147 Å². The van der Waals surface area contributed by atoms with Crippen molar-refractivity contribution >= 4 is 5.91 Å². The molecule has 2 heterocycles. The van der Waals surface area contributed by atoms with Crippen LogP contribution in [0.4, 0.5) is 0 Å². The van der Waals surface area contributed by atoms with Gasteiger partial charge in [0.25, 0.3) is 5.91 Å². The average Bonchev–Trinajstić information content (AvgIpc) is 2.87. The molecular formula is C18H24N4O3. The standard InChI is InChI=1S/C18H24N4O3/c1-13(23)17-9-15-11-21(6-3-7-22(15)20-17)10-14-4-2-5-16(8-14)25-12-18(19)24/h2,4-5,8-9,13,23H,3,6-7,10-12H2,1H3,(H2,19,24)/t13-/m0/s1. The Morgan fingerprint density at radius 3 is 3.00 bits per heavy atom. The van der Waals surface area contributed by atoms with E-state index in [1.165, 1.54) is 0 Å². The molecule has 1 atom stereocenters. The van der Waals surface area contributed by atoms with Crippen LogP contribution in [-0.4, -0.2) is 38.8 Å². The van der Waals surface area contributed by atoms with Gasteiger partial charge in [0.15, 0.2) is 6.61 Å². The number of ether oxygens (including phenoxy) is 1. The number of rotatable bonds is 6. The summed E-state index contributed by atoms with van der Waals surface area (Å²) < 4.78 is 7.37. The molecule has 1 aliphatic heterocycles. The highest BCUT2D eigenvalue weighted by molar-refractivity contribution is 5.75. The van der Waals surface area contributed by atoms with E-state index in [0.717, 1.165) is 49.6 Å². The maximum Gasteiger partial charge on any atom is 0.255 e. The number of primary amides is 1. The molecule has 134 valence electrons. The van der Waals surface area contributed by atoms with Gasteiger partial charge in [-0.2, -0.15) is 5.10 Å². The number of aromatic nitrogens is 2. The lowest BCUT2D eigenvalue weighted by Crippen LogP contribution is -2.23. The Kier molecular flexibility index (Phi) is 5.35. The number of hydrogen-bond acceptors (Lipinski definition) is 5. The second-order valence-electron chi connectivity index (χ2n) is 6.43. The molecule has 2 aromatic rings. The fraction of sp³-hybridized carbons (Fsp3) is 0.444. The molecular weight excluding hydrogens is 320 g/mol. The highest BCUT2D eigenvalue weighted by atomic mass is 16.5. The molecule has 3 N–H and O–H groups in total. The summed E-state index contributed by atoms with van der Waals surface area (Å²) in [6.07, 6.45) is 0.457. The monoisotopic (exact) mass is 344 g/mol. The van der Waals surface area contributed by atoms with E-state index in [9.17, 15) is 9.90 Å². The van der Waals surface area contributed by atoms with Gasteiger partial charge in [0.1, 0.15) is 5.75 Å². The first kappa shape index (κ1) is 17.4. The number of nitrogens with two attached hydrogens (primary N) is 1. The zero-order chi connectivity index (χ0) is 17.8. The van der Waals surface area contributed by atoms with E-state index in [4.69, 9.17) is 10.5 Å². The molecule has 25 heavy (non-hydrogen) atoms. The second-order valence-corrected chi connectivity index (χ2v) is 6.43. The van der Waals surface area contributed by atoms with Crippen molar-refractivity contribution in [3.63, 3.8) is 0 Å². The number of aryl methyl sites for hydroxylation is 1. The number of carbonyl (C=O) groups excluding carboxylic acids is 1. The predicted molar refractivity (Wildman–Crippen MR) is 92.7 cm³/mol. The molecule has 7 nitrogen and oxygen atoms in total. The normalized spacial score (nSPS) is 16.1. The summed E-state index contributed by atoms with van der Waals surface area (Å²) in [5.41, 5.74) is 8.07. The number of hydrogen-bond donors (Lipinski definition) is 2. The summed E-state index contributed by atoms with van der Waals surface area (Å²) in [5.74, 6) is 0.160. The third kappa shape index (κ3) is 4.58. The van der Waals surface area contributed by atoms with Gasteiger partial charge in [-0.05, 0) is 37.1 Å². The third-order valence-corrected chi connectivity index (χ3v) is 4.23. The van der Waals surface area contributed by atoms with Gasteiger partial charge in [-0.1, -0.05) is 12.1 Å². The number of fused-ring (bicyclic) bond motifs is 1. The van der Waals surface area contributed by atoms with Crippen LogP contribution in [-0.2, 0) is 24.4 Å². The number of amides is 1. The van der Waals surface area contributed by atoms with Crippen molar-refractivity contribution in [2.45, 2.75) is 39.1 Å². The number of carbonyl (C=O) groups is 1. The Balaban J connectivity index is 1.68. The van der Waals surface area contributed by atoms with Crippen LogP contribution in [0.5, 0.6) is 5.75 Å². The van der Waals surface area contributed by atoms with E-state index < -0.39 is 12.0 Å². The molecule has 0 bridgehead atoms. The van der Waals surface area contributed by atoms with Crippen LogP contribution in [0.3, 0.4) is 0 Å². The topological polar surface area (TPSA) is 93.6 Å². The molecule has 7 heteroatoms. The van der Waals surface area contributed by atoms with E-state index in [1.807, 2.05) is 35.0 Å². The quantitative estimate of drug-likeness (QED) is 0.821. The van der Waals surface area contributed by atoms with Gasteiger partial charge in [-0.3, -0.25) is 14.4 Å². The largest absolute Gasteiger partial charge is 0.484 e. The minimum absolute atomic E-state index is 0.117. The van der Waals surface area contributed by atoms with Gasteiger partial charge in [-0.15, -0.1) is 0 Å². The Hall–Kier alpha value is -2.38. The van der Waals surface area contributed by atoms with Crippen molar-refractivity contribution in [2.75, 3.05) is 13.2 Å². The van der Waals surface area contributed by atoms with E-state index in [-0.39, 0.29) is 6.61 Å². The zero-order valence-electron chi connectivity index (χ0n) is 14.4. The predicted octanol–water partition coefficient (Wildman–Crippen LogP) is 1.21. The van der Waals surface area contributed by atoms with Crippen LogP contribution in [0.1, 0.15) is 36.4 Å². The summed E-state index contributed by atoms with van der Waals surface area (Å²) in [4.78, 5) is 13.2. The SMILES string of the molecule is C[C@H](O)c1cc2n(n1)CCCN(Cc1cccc(OCC(N)=O)c1)C2. The molecule has 1 aromatic heterocycles. The molecule has 0 saturated heterocycles. The Bertz CT molecular complexity index is 742. The minimum Gasteiger partial charge on any atom is -0.484 e. The van der Waals surface area contributed by atoms with Gasteiger partial charge in [-0.25, -0.2) is 0 Å². The smallest absolute Gasteiger partial charge is 0.255 e. The number of nitrogens with zero attached hydrogens (tertiary/aromatic N) is 3. The summed E-state index contributed by atoms with van der Waals surface area (Å²) in [6.45, 7) is 5.02. The second kappa shape index (κ2) is 7.67. The average molecular weight is 344 g/mol. The van der Waals surface area contributed by atoms with Crippen molar-refractivity contribution < 1.29 is 14.6 Å². The summed E-state index contributed by atoms with van der Waals surface area (Å²) in [5, 5.41) is 14.2. The van der Waals surface area contributed by atoms with E-state index in [1.54, 1.807) is 6.92 Å². The van der Waals surface area contributed by atoms with Crippen molar-refractivity contribution in [2.24, 2.45) is 5.73 Å². The fourth-order valence-electron chi connectivity index (χ4n) is 3.04. The summed E-state index contributed by atoms with van der Waals surface area (Å²) in [7, 11) is 0. The van der Waals surface area contributed by atoms with Gasteiger partial charge in [0.2, 0.25) is 0 Å². The first-order chi connectivity index (χ1) is 12.0. The van der Waals surface area contributed by atoms with Crippen LogP contribution in [0.2, 0.25) is 0 Å². The van der Waals surface area contributed by atoms with Crippen molar-refractivity contribution in [1.29, 1.82) is 0 Å². The van der Waals surface area contributed by atoms with E-state index in [2.05, 4.69) is 10.00 Å². The first-order valence-electron chi connectivity index (χ1n) is 8.48. The van der Waals surface area contributed by atoms with Gasteiger partial charge in [0.05, 0.1) is 17.5 Å². The molecule has 0 fully saturated rings. The molecule has 1 aromatic carbocycles. The van der Waals surface area contributed by atoms with Crippen LogP contribution in [0, 0.1) is 0 Å². The maximum absolute atomic E-state index is 10.8. The molecule has 0 aliphatic carbocycles. The number of aliphatic hydroxyl groups excluding tert-OH is 1. The van der Waals surface area contributed by atoms with Crippen LogP contribution < -0.4 is 10.5 Å². The molecule has 0 unspecified atom stereocenters. The Morgan fingerprint density at radius 1 is 1.40 bits per heavy atom. The van der Waals surface area contributed by atoms with Crippen LogP contribution in [0.25, 0.3) is 0 Å². The van der Waals surface area contributed by atoms with Crippen molar-refractivity contribution in [3.8, 4) is 5.75 Å². The zero-order valence-corrected chi connectivity index (χ0v) is 14.4. The summed E-state index contributed by atoms with van der Waals surface area (Å²) in [6, 6.07) is 9.69. The Morgan fingerprint density at radius 2 is 2.24 bits per heavy atom. The minimum atomic E-state index is -0.549. The van der Waals surface area contributed by atoms with Gasteiger partial charge in [0, 0.05) is 26.2 Å². The molecule has 0 spiro atoms. The molecule has 1 aliphatic rings. The van der Waals surface area contributed by atoms with E-state index in [0.29, 0.717) is 5.75 Å². The number of aliphatic hydroxyl groups is 1. The summed E-state index contributed by atoms with van der Waals surface area (Å²) >= 11 is 0. The molecule has 1 amide bonds. The van der Waals surface area contributed by atoms with Crippen molar-refractivity contribution in [3.05, 3.63) is 47.3 Å². The van der Waals surface area contributed by atoms with Crippen LogP contribution in [0.15, 0.2) is 30.3 Å². The lowest BCUT2D eigenvalue weighted by atomic mass is 10.2. The fourth-order valence-corrected chi connectivity index (χ4v) is 3.04. The molecule has 0 saturated carbocycles. The maximum atomic E-state index is 10.8. The number of benzene rings is 1. The van der Waals surface area contributed by atoms with Crippen LogP contribution >= 0.6 is 0 Å². The molecule has 0 radical (unpaired) electrons. The van der Waals surface area contributed by atoms with Crippen molar-refractivity contribution in [1.82, 2.24) is 14.7 Å². The van der Waals surface area contributed by atoms with E-state index >= 15 is 0 Å².